The molecule has 2 N–H and O–H groups in total. The average molecular weight is 239 g/mol. The molecule has 0 aliphatic heterocycles. The maximum Gasteiger partial charge on any atom is 0.0428 e. The van der Waals surface area contributed by atoms with E-state index in [1.165, 1.54) is 16.7 Å². The first kappa shape index (κ1) is 13.4. The predicted molar refractivity (Wildman–Crippen MR) is 71.1 cm³/mol. The molecule has 0 fully saturated rings. The molecule has 0 amide bonds. The van der Waals surface area contributed by atoms with Crippen molar-refractivity contribution in [3.63, 3.8) is 0 Å². The molecule has 0 radical (unpaired) electrons. The van der Waals surface area contributed by atoms with Crippen LogP contribution in [0.2, 0.25) is 0 Å². The first-order valence-electron chi connectivity index (χ1n) is 5.64. The number of hydrogen-bond acceptors (Lipinski definition) is 2. The number of benzene rings is 1. The van der Waals surface area contributed by atoms with Gasteiger partial charge in [0.2, 0.25) is 0 Å². The van der Waals surface area contributed by atoms with E-state index in [0.717, 1.165) is 5.56 Å². The van der Waals surface area contributed by atoms with Crippen molar-refractivity contribution in [1.29, 1.82) is 0 Å². The molecule has 0 aliphatic carbocycles. The zero-order valence-corrected chi connectivity index (χ0v) is 11.4. The highest BCUT2D eigenvalue weighted by Crippen LogP contribution is 2.22. The lowest BCUT2D eigenvalue weighted by molar-refractivity contribution is 0.675. The van der Waals surface area contributed by atoms with Crippen LogP contribution in [0.1, 0.15) is 35.2 Å². The highest BCUT2D eigenvalue weighted by molar-refractivity contribution is 7.84. The van der Waals surface area contributed by atoms with Crippen molar-refractivity contribution in [3.05, 3.63) is 34.4 Å². The maximum absolute atomic E-state index is 11.5. The molecule has 0 saturated carbocycles. The summed E-state index contributed by atoms with van der Waals surface area (Å²) in [6.07, 6.45) is 0. The molecule has 2 atom stereocenters. The van der Waals surface area contributed by atoms with E-state index in [-0.39, 0.29) is 6.04 Å². The van der Waals surface area contributed by atoms with Crippen LogP contribution in [-0.4, -0.2) is 15.7 Å². The zero-order valence-electron chi connectivity index (χ0n) is 10.5. The van der Waals surface area contributed by atoms with Gasteiger partial charge in [0.05, 0.1) is 0 Å². The molecule has 0 aliphatic rings. The van der Waals surface area contributed by atoms with Crippen LogP contribution in [0, 0.1) is 20.8 Å². The molecule has 16 heavy (non-hydrogen) atoms. The number of rotatable bonds is 4. The number of hydrogen-bond donors (Lipinski definition) is 1. The Kier molecular flexibility index (Phi) is 4.69. The molecule has 1 rings (SSSR count). The van der Waals surface area contributed by atoms with Gasteiger partial charge < -0.3 is 5.73 Å². The van der Waals surface area contributed by atoms with Crippen LogP contribution in [0.4, 0.5) is 0 Å². The van der Waals surface area contributed by atoms with Crippen LogP contribution in [0.15, 0.2) is 12.1 Å². The molecule has 90 valence electrons. The van der Waals surface area contributed by atoms with E-state index in [9.17, 15) is 4.21 Å². The van der Waals surface area contributed by atoms with Gasteiger partial charge in [-0.1, -0.05) is 24.6 Å². The van der Waals surface area contributed by atoms with Gasteiger partial charge in [0.1, 0.15) is 0 Å². The Balaban J connectivity index is 2.99. The fourth-order valence-corrected chi connectivity index (χ4v) is 2.98. The van der Waals surface area contributed by atoms with E-state index < -0.39 is 10.8 Å². The Hall–Kier alpha value is -0.670. The average Bonchev–Trinajstić information content (AvgIpc) is 2.15. The molecule has 1 aromatic carbocycles. The Morgan fingerprint density at radius 2 is 1.75 bits per heavy atom. The van der Waals surface area contributed by atoms with E-state index in [2.05, 4.69) is 32.9 Å². The highest BCUT2D eigenvalue weighted by atomic mass is 32.2. The van der Waals surface area contributed by atoms with Crippen LogP contribution >= 0.6 is 0 Å². The minimum Gasteiger partial charge on any atom is -0.323 e. The van der Waals surface area contributed by atoms with Gasteiger partial charge in [0.15, 0.2) is 0 Å². The second-order valence-corrected chi connectivity index (χ2v) is 6.10. The summed E-state index contributed by atoms with van der Waals surface area (Å²) in [5.41, 5.74) is 11.0. The third-order valence-electron chi connectivity index (χ3n) is 2.80. The molecule has 2 unspecified atom stereocenters. The van der Waals surface area contributed by atoms with Gasteiger partial charge in [-0.2, -0.15) is 0 Å². The number of aryl methyl sites for hydroxylation is 3. The maximum atomic E-state index is 11.5. The van der Waals surface area contributed by atoms with Crippen molar-refractivity contribution < 1.29 is 4.21 Å². The normalized spacial score (nSPS) is 14.8. The molecule has 2 nitrogen and oxygen atoms in total. The summed E-state index contributed by atoms with van der Waals surface area (Å²) < 4.78 is 11.5. The van der Waals surface area contributed by atoms with Crippen molar-refractivity contribution >= 4 is 10.8 Å². The van der Waals surface area contributed by atoms with Gasteiger partial charge in [-0.3, -0.25) is 4.21 Å². The minimum atomic E-state index is -0.804. The Morgan fingerprint density at radius 1 is 1.25 bits per heavy atom. The van der Waals surface area contributed by atoms with Gasteiger partial charge >= 0.3 is 0 Å². The van der Waals surface area contributed by atoms with Crippen molar-refractivity contribution in [2.75, 3.05) is 11.5 Å². The second kappa shape index (κ2) is 5.60. The van der Waals surface area contributed by atoms with Crippen LogP contribution in [0.5, 0.6) is 0 Å². The van der Waals surface area contributed by atoms with E-state index in [1.54, 1.807) is 0 Å². The van der Waals surface area contributed by atoms with Crippen molar-refractivity contribution in [3.8, 4) is 0 Å². The lowest BCUT2D eigenvalue weighted by atomic mass is 9.95. The van der Waals surface area contributed by atoms with Gasteiger partial charge in [-0.15, -0.1) is 0 Å². The summed E-state index contributed by atoms with van der Waals surface area (Å²) >= 11 is 0. The molecule has 0 heterocycles. The monoisotopic (exact) mass is 239 g/mol. The van der Waals surface area contributed by atoms with Crippen LogP contribution in [0.25, 0.3) is 0 Å². The highest BCUT2D eigenvalue weighted by Gasteiger charge is 2.14. The Bertz CT molecular complexity index is 378. The Morgan fingerprint density at radius 3 is 2.19 bits per heavy atom. The standard InChI is InChI=1S/C13H21NOS/c1-5-16(15)8-12(14)13-10(3)6-9(2)7-11(13)4/h6-7,12H,5,8,14H2,1-4H3. The predicted octanol–water partition coefficient (Wildman–Crippen LogP) is 2.38. The van der Waals surface area contributed by atoms with Crippen molar-refractivity contribution in [2.45, 2.75) is 33.7 Å². The largest absolute Gasteiger partial charge is 0.323 e. The molecular formula is C13H21NOS. The summed E-state index contributed by atoms with van der Waals surface area (Å²) in [5, 5.41) is 0. The summed E-state index contributed by atoms with van der Waals surface area (Å²) in [6.45, 7) is 8.16. The first-order valence-corrected chi connectivity index (χ1v) is 7.12. The molecule has 0 aromatic heterocycles. The van der Waals surface area contributed by atoms with Crippen LogP contribution < -0.4 is 5.73 Å². The summed E-state index contributed by atoms with van der Waals surface area (Å²) in [7, 11) is -0.804. The molecule has 0 spiro atoms. The van der Waals surface area contributed by atoms with E-state index in [4.69, 9.17) is 5.73 Å². The summed E-state index contributed by atoms with van der Waals surface area (Å²) in [4.78, 5) is 0. The SMILES string of the molecule is CCS(=O)CC(N)c1c(C)cc(C)cc1C. The van der Waals surface area contributed by atoms with Crippen molar-refractivity contribution in [2.24, 2.45) is 5.73 Å². The molecule has 3 heteroatoms. The first-order chi connectivity index (χ1) is 7.45. The van der Waals surface area contributed by atoms with Gasteiger partial charge in [-0.05, 0) is 37.5 Å². The fraction of sp³-hybridized carbons (Fsp3) is 0.538. The van der Waals surface area contributed by atoms with Crippen LogP contribution in [-0.2, 0) is 10.8 Å². The van der Waals surface area contributed by atoms with E-state index in [1.807, 2.05) is 6.92 Å². The molecule has 1 aromatic rings. The van der Waals surface area contributed by atoms with Gasteiger partial charge in [0.25, 0.3) is 0 Å². The Labute approximate surface area is 101 Å². The molecule has 0 saturated heterocycles. The molecular weight excluding hydrogens is 218 g/mol. The van der Waals surface area contributed by atoms with Crippen LogP contribution in [0.3, 0.4) is 0 Å². The third-order valence-corrected chi connectivity index (χ3v) is 4.17. The lowest BCUT2D eigenvalue weighted by Crippen LogP contribution is -2.21. The quantitative estimate of drug-likeness (QED) is 0.876. The molecule has 0 bridgehead atoms. The van der Waals surface area contributed by atoms with Gasteiger partial charge in [-0.25, -0.2) is 0 Å². The van der Waals surface area contributed by atoms with Crippen molar-refractivity contribution in [1.82, 2.24) is 0 Å². The third kappa shape index (κ3) is 3.16. The number of nitrogens with two attached hydrogens (primary N) is 1. The second-order valence-electron chi connectivity index (χ2n) is 4.31. The smallest absolute Gasteiger partial charge is 0.0428 e. The van der Waals surface area contributed by atoms with E-state index >= 15 is 0 Å². The fourth-order valence-electron chi connectivity index (χ4n) is 2.18. The summed E-state index contributed by atoms with van der Waals surface area (Å²) in [5.74, 6) is 1.24. The minimum absolute atomic E-state index is 0.110. The van der Waals surface area contributed by atoms with E-state index in [0.29, 0.717) is 11.5 Å². The summed E-state index contributed by atoms with van der Waals surface area (Å²) in [6, 6.07) is 4.16. The lowest BCUT2D eigenvalue weighted by Gasteiger charge is -2.17. The zero-order chi connectivity index (χ0) is 12.3. The topological polar surface area (TPSA) is 43.1 Å². The van der Waals surface area contributed by atoms with Gasteiger partial charge in [0, 0.05) is 28.3 Å².